The second-order valence-corrected chi connectivity index (χ2v) is 5.41. The maximum atomic E-state index is 12.2. The van der Waals surface area contributed by atoms with E-state index >= 15 is 0 Å². The highest BCUT2D eigenvalue weighted by Gasteiger charge is 2.36. The van der Waals surface area contributed by atoms with Gasteiger partial charge in [-0.25, -0.2) is 0 Å². The molecule has 104 valence electrons. The number of amides is 1. The van der Waals surface area contributed by atoms with Crippen molar-refractivity contribution in [3.63, 3.8) is 0 Å². The van der Waals surface area contributed by atoms with Crippen molar-refractivity contribution < 1.29 is 14.3 Å². The first-order chi connectivity index (χ1) is 8.47. The van der Waals surface area contributed by atoms with Crippen LogP contribution in [-0.2, 0) is 14.3 Å². The van der Waals surface area contributed by atoms with Gasteiger partial charge in [-0.15, -0.1) is 6.58 Å². The molecule has 0 radical (unpaired) electrons. The van der Waals surface area contributed by atoms with Crippen LogP contribution in [-0.4, -0.2) is 48.8 Å². The fourth-order valence-corrected chi connectivity index (χ4v) is 2.05. The van der Waals surface area contributed by atoms with E-state index in [9.17, 15) is 4.79 Å². The lowest BCUT2D eigenvalue weighted by atomic mass is 10.00. The molecule has 18 heavy (non-hydrogen) atoms. The van der Waals surface area contributed by atoms with Crippen LogP contribution in [0.4, 0.5) is 0 Å². The largest absolute Gasteiger partial charge is 0.377 e. The Labute approximate surface area is 110 Å². The summed E-state index contributed by atoms with van der Waals surface area (Å²) in [6, 6.07) is 0. The zero-order chi connectivity index (χ0) is 13.6. The maximum absolute atomic E-state index is 12.2. The number of morpholine rings is 1. The molecule has 1 atom stereocenters. The minimum atomic E-state index is -0.203. The van der Waals surface area contributed by atoms with Crippen LogP contribution < -0.4 is 0 Å². The summed E-state index contributed by atoms with van der Waals surface area (Å²) in [4.78, 5) is 14.1. The molecular weight excluding hydrogens is 230 g/mol. The molecule has 1 fully saturated rings. The topological polar surface area (TPSA) is 38.8 Å². The summed E-state index contributed by atoms with van der Waals surface area (Å²) in [5.41, 5.74) is -0.203. The Morgan fingerprint density at radius 3 is 3.00 bits per heavy atom. The molecule has 1 rings (SSSR count). The van der Waals surface area contributed by atoms with Gasteiger partial charge >= 0.3 is 0 Å². The average molecular weight is 255 g/mol. The standard InChI is InChI=1S/C14H25NO3/c1-5-8-17-9-6-7-13(16)15-10-12(2)18-11-14(15,3)4/h5,12H,1,6-11H2,2-4H3/t12-/m1/s1. The van der Waals surface area contributed by atoms with Crippen LogP contribution in [0, 0.1) is 0 Å². The fourth-order valence-electron chi connectivity index (χ4n) is 2.05. The molecule has 0 aliphatic carbocycles. The van der Waals surface area contributed by atoms with E-state index in [-0.39, 0.29) is 17.6 Å². The Bertz CT molecular complexity index is 289. The molecule has 0 bridgehead atoms. The average Bonchev–Trinajstić information content (AvgIpc) is 2.32. The normalized spacial score (nSPS) is 22.8. The highest BCUT2D eigenvalue weighted by Crippen LogP contribution is 2.23. The first kappa shape index (κ1) is 15.2. The van der Waals surface area contributed by atoms with Crippen LogP contribution in [0.15, 0.2) is 12.7 Å². The number of nitrogens with zero attached hydrogens (tertiary/aromatic N) is 1. The van der Waals surface area contributed by atoms with E-state index in [1.165, 1.54) is 0 Å². The second-order valence-electron chi connectivity index (χ2n) is 5.41. The van der Waals surface area contributed by atoms with E-state index in [0.717, 1.165) is 6.42 Å². The molecule has 0 spiro atoms. The smallest absolute Gasteiger partial charge is 0.223 e. The third-order valence-corrected chi connectivity index (χ3v) is 3.11. The molecule has 1 amide bonds. The number of ether oxygens (including phenoxy) is 2. The number of hydrogen-bond acceptors (Lipinski definition) is 3. The predicted octanol–water partition coefficient (Wildman–Crippen LogP) is 2.00. The zero-order valence-electron chi connectivity index (χ0n) is 11.8. The van der Waals surface area contributed by atoms with E-state index in [4.69, 9.17) is 9.47 Å². The molecule has 4 nitrogen and oxygen atoms in total. The molecule has 0 aromatic heterocycles. The van der Waals surface area contributed by atoms with E-state index < -0.39 is 0 Å². The van der Waals surface area contributed by atoms with E-state index in [0.29, 0.717) is 32.8 Å². The molecule has 1 aliphatic heterocycles. The highest BCUT2D eigenvalue weighted by atomic mass is 16.5. The van der Waals surface area contributed by atoms with Gasteiger partial charge in [-0.2, -0.15) is 0 Å². The van der Waals surface area contributed by atoms with Gasteiger partial charge in [-0.1, -0.05) is 6.08 Å². The summed E-state index contributed by atoms with van der Waals surface area (Å²) in [7, 11) is 0. The summed E-state index contributed by atoms with van der Waals surface area (Å²) in [6.07, 6.45) is 3.13. The lowest BCUT2D eigenvalue weighted by molar-refractivity contribution is -0.153. The van der Waals surface area contributed by atoms with Crippen LogP contribution in [0.2, 0.25) is 0 Å². The number of rotatable bonds is 6. The monoisotopic (exact) mass is 255 g/mol. The molecule has 4 heteroatoms. The minimum absolute atomic E-state index is 0.124. The number of carbonyl (C=O) groups excluding carboxylic acids is 1. The van der Waals surface area contributed by atoms with Gasteiger partial charge in [0.15, 0.2) is 0 Å². The molecule has 1 saturated heterocycles. The van der Waals surface area contributed by atoms with Crippen molar-refractivity contribution in [3.05, 3.63) is 12.7 Å². The summed E-state index contributed by atoms with van der Waals surface area (Å²) >= 11 is 0. The zero-order valence-corrected chi connectivity index (χ0v) is 11.8. The molecule has 0 aromatic rings. The molecule has 1 aliphatic rings. The van der Waals surface area contributed by atoms with Crippen LogP contribution in [0.25, 0.3) is 0 Å². The molecule has 1 heterocycles. The van der Waals surface area contributed by atoms with Crippen molar-refractivity contribution in [2.75, 3.05) is 26.4 Å². The minimum Gasteiger partial charge on any atom is -0.377 e. The van der Waals surface area contributed by atoms with Crippen LogP contribution >= 0.6 is 0 Å². The van der Waals surface area contributed by atoms with Crippen molar-refractivity contribution in [3.8, 4) is 0 Å². The molecular formula is C14H25NO3. The van der Waals surface area contributed by atoms with Crippen LogP contribution in [0.1, 0.15) is 33.6 Å². The molecule has 0 aromatic carbocycles. The van der Waals surface area contributed by atoms with Gasteiger partial charge < -0.3 is 14.4 Å². The van der Waals surface area contributed by atoms with Gasteiger partial charge in [0.05, 0.1) is 24.9 Å². The quantitative estimate of drug-likeness (QED) is 0.538. The Hall–Kier alpha value is -0.870. The van der Waals surface area contributed by atoms with Crippen molar-refractivity contribution in [2.24, 2.45) is 0 Å². The third kappa shape index (κ3) is 4.42. The summed E-state index contributed by atoms with van der Waals surface area (Å²) in [6.45, 7) is 12.1. The fraction of sp³-hybridized carbons (Fsp3) is 0.786. The van der Waals surface area contributed by atoms with Gasteiger partial charge in [0.1, 0.15) is 0 Å². The van der Waals surface area contributed by atoms with Gasteiger partial charge in [-0.05, 0) is 27.2 Å². The first-order valence-corrected chi connectivity index (χ1v) is 6.58. The van der Waals surface area contributed by atoms with Gasteiger partial charge in [-0.3, -0.25) is 4.79 Å². The van der Waals surface area contributed by atoms with Crippen molar-refractivity contribution >= 4 is 5.91 Å². The lowest BCUT2D eigenvalue weighted by Gasteiger charge is -2.44. The van der Waals surface area contributed by atoms with E-state index in [1.807, 2.05) is 25.7 Å². The third-order valence-electron chi connectivity index (χ3n) is 3.11. The Morgan fingerprint density at radius 2 is 2.33 bits per heavy atom. The molecule has 0 unspecified atom stereocenters. The number of hydrogen-bond donors (Lipinski definition) is 0. The lowest BCUT2D eigenvalue weighted by Crippen LogP contribution is -2.57. The Kier molecular flexibility index (Phi) is 5.82. The molecule has 0 N–H and O–H groups in total. The van der Waals surface area contributed by atoms with E-state index in [2.05, 4.69) is 6.58 Å². The highest BCUT2D eigenvalue weighted by molar-refractivity contribution is 5.77. The van der Waals surface area contributed by atoms with Gasteiger partial charge in [0.25, 0.3) is 0 Å². The summed E-state index contributed by atoms with van der Waals surface area (Å²) in [5, 5.41) is 0. The Morgan fingerprint density at radius 1 is 1.61 bits per heavy atom. The van der Waals surface area contributed by atoms with Gasteiger partial charge in [0.2, 0.25) is 5.91 Å². The predicted molar refractivity (Wildman–Crippen MR) is 71.5 cm³/mol. The van der Waals surface area contributed by atoms with Crippen molar-refractivity contribution in [1.82, 2.24) is 4.90 Å². The molecule has 0 saturated carbocycles. The first-order valence-electron chi connectivity index (χ1n) is 6.58. The second kappa shape index (κ2) is 6.90. The van der Waals surface area contributed by atoms with Gasteiger partial charge in [0, 0.05) is 19.6 Å². The Balaban J connectivity index is 2.36. The maximum Gasteiger partial charge on any atom is 0.223 e. The number of carbonyl (C=O) groups is 1. The van der Waals surface area contributed by atoms with Crippen molar-refractivity contribution in [2.45, 2.75) is 45.3 Å². The van der Waals surface area contributed by atoms with Crippen molar-refractivity contribution in [1.29, 1.82) is 0 Å². The summed E-state index contributed by atoms with van der Waals surface area (Å²) in [5.74, 6) is 0.192. The summed E-state index contributed by atoms with van der Waals surface area (Å²) < 4.78 is 10.9. The van der Waals surface area contributed by atoms with E-state index in [1.54, 1.807) is 6.08 Å². The van der Waals surface area contributed by atoms with Crippen LogP contribution in [0.3, 0.4) is 0 Å². The SMILES string of the molecule is C=CCOCCCC(=O)N1C[C@@H](C)OCC1(C)C. The van der Waals surface area contributed by atoms with Crippen LogP contribution in [0.5, 0.6) is 0 Å².